The molecule has 15 heavy (non-hydrogen) atoms. The zero-order valence-corrected chi connectivity index (χ0v) is 10.6. The molecule has 2 aliphatic heterocycles. The van der Waals surface area contributed by atoms with Crippen LogP contribution in [0.5, 0.6) is 0 Å². The molecule has 0 aromatic heterocycles. The fourth-order valence-electron chi connectivity index (χ4n) is 3.41. The van der Waals surface area contributed by atoms with Gasteiger partial charge in [0.05, 0.1) is 0 Å². The topological polar surface area (TPSA) is 6.48 Å². The second kappa shape index (κ2) is 4.84. The molecule has 2 unspecified atom stereocenters. The molecule has 0 aromatic rings. The second-order valence-corrected chi connectivity index (χ2v) is 5.52. The van der Waals surface area contributed by atoms with Gasteiger partial charge in [0.25, 0.3) is 0 Å². The molecule has 88 valence electrons. The zero-order chi connectivity index (χ0) is 10.8. The highest BCUT2D eigenvalue weighted by Crippen LogP contribution is 2.26. The van der Waals surface area contributed by atoms with Crippen molar-refractivity contribution in [3.8, 4) is 0 Å². The summed E-state index contributed by atoms with van der Waals surface area (Å²) in [6.07, 6.45) is 5.68. The molecule has 2 saturated heterocycles. The molecule has 2 heteroatoms. The van der Waals surface area contributed by atoms with Crippen LogP contribution in [0.3, 0.4) is 0 Å². The Morgan fingerprint density at radius 3 is 2.20 bits per heavy atom. The van der Waals surface area contributed by atoms with Gasteiger partial charge in [-0.05, 0) is 53.1 Å². The van der Waals surface area contributed by atoms with E-state index in [-0.39, 0.29) is 0 Å². The van der Waals surface area contributed by atoms with Crippen molar-refractivity contribution in [2.75, 3.05) is 19.6 Å². The molecule has 2 nitrogen and oxygen atoms in total. The second-order valence-electron chi connectivity index (χ2n) is 5.52. The molecule has 0 bridgehead atoms. The van der Waals surface area contributed by atoms with Gasteiger partial charge in [-0.25, -0.2) is 0 Å². The Labute approximate surface area is 94.6 Å². The first kappa shape index (κ1) is 11.4. The Bertz CT molecular complexity index is 197. The van der Waals surface area contributed by atoms with E-state index in [1.54, 1.807) is 0 Å². The normalized spacial score (nSPS) is 35.2. The number of nitrogens with zero attached hydrogens (tertiary/aromatic N) is 2. The van der Waals surface area contributed by atoms with E-state index >= 15 is 0 Å². The van der Waals surface area contributed by atoms with Crippen LogP contribution in [0.2, 0.25) is 0 Å². The summed E-state index contributed by atoms with van der Waals surface area (Å²) in [4.78, 5) is 5.41. The van der Waals surface area contributed by atoms with Crippen LogP contribution in [0.15, 0.2) is 0 Å². The Balaban J connectivity index is 1.93. The van der Waals surface area contributed by atoms with E-state index in [9.17, 15) is 0 Å². The van der Waals surface area contributed by atoms with Crippen molar-refractivity contribution < 1.29 is 0 Å². The quantitative estimate of drug-likeness (QED) is 0.690. The van der Waals surface area contributed by atoms with Gasteiger partial charge in [-0.2, -0.15) is 0 Å². The minimum Gasteiger partial charge on any atom is -0.299 e. The van der Waals surface area contributed by atoms with Crippen molar-refractivity contribution >= 4 is 0 Å². The van der Waals surface area contributed by atoms with E-state index < -0.39 is 0 Å². The van der Waals surface area contributed by atoms with Crippen molar-refractivity contribution in [3.63, 3.8) is 0 Å². The first-order valence-electron chi connectivity index (χ1n) is 6.70. The van der Waals surface area contributed by atoms with Crippen LogP contribution in [0.1, 0.15) is 46.5 Å². The molecule has 0 spiro atoms. The SMILES string of the molecule is CC(C)N1CCC(N2CCCCC2)C1C. The highest BCUT2D eigenvalue weighted by molar-refractivity contribution is 4.92. The predicted octanol–water partition coefficient (Wildman–Crippen LogP) is 2.34. The monoisotopic (exact) mass is 210 g/mol. The number of piperidine rings is 1. The number of rotatable bonds is 2. The number of hydrogen-bond donors (Lipinski definition) is 0. The smallest absolute Gasteiger partial charge is 0.0261 e. The van der Waals surface area contributed by atoms with E-state index in [1.165, 1.54) is 45.3 Å². The van der Waals surface area contributed by atoms with E-state index in [0.29, 0.717) is 0 Å². The van der Waals surface area contributed by atoms with E-state index in [1.807, 2.05) is 0 Å². The van der Waals surface area contributed by atoms with E-state index in [0.717, 1.165) is 18.1 Å². The molecule has 2 atom stereocenters. The number of hydrogen-bond acceptors (Lipinski definition) is 2. The molecular formula is C13H26N2. The summed E-state index contributed by atoms with van der Waals surface area (Å²) in [7, 11) is 0. The van der Waals surface area contributed by atoms with Crippen molar-refractivity contribution in [3.05, 3.63) is 0 Å². The van der Waals surface area contributed by atoms with Crippen LogP contribution in [-0.2, 0) is 0 Å². The minimum absolute atomic E-state index is 0.717. The molecular weight excluding hydrogens is 184 g/mol. The predicted molar refractivity (Wildman–Crippen MR) is 65.1 cm³/mol. The lowest BCUT2D eigenvalue weighted by molar-refractivity contribution is 0.116. The molecule has 0 N–H and O–H groups in total. The summed E-state index contributed by atoms with van der Waals surface area (Å²) >= 11 is 0. The average molecular weight is 210 g/mol. The molecule has 2 rings (SSSR count). The van der Waals surface area contributed by atoms with Gasteiger partial charge in [0, 0.05) is 24.7 Å². The summed E-state index contributed by atoms with van der Waals surface area (Å²) in [5.74, 6) is 0. The van der Waals surface area contributed by atoms with Crippen molar-refractivity contribution in [1.29, 1.82) is 0 Å². The summed E-state index contributed by atoms with van der Waals surface area (Å²) in [5.41, 5.74) is 0. The third-order valence-corrected chi connectivity index (χ3v) is 4.29. The van der Waals surface area contributed by atoms with Crippen LogP contribution in [0.25, 0.3) is 0 Å². The lowest BCUT2D eigenvalue weighted by atomic mass is 10.0. The summed E-state index contributed by atoms with van der Waals surface area (Å²) in [6, 6.07) is 2.32. The molecule has 0 saturated carbocycles. The van der Waals surface area contributed by atoms with Gasteiger partial charge in [0.2, 0.25) is 0 Å². The van der Waals surface area contributed by atoms with Crippen LogP contribution >= 0.6 is 0 Å². The van der Waals surface area contributed by atoms with Gasteiger partial charge in [-0.15, -0.1) is 0 Å². The highest BCUT2D eigenvalue weighted by atomic mass is 15.3. The van der Waals surface area contributed by atoms with Crippen LogP contribution in [0.4, 0.5) is 0 Å². The van der Waals surface area contributed by atoms with Gasteiger partial charge >= 0.3 is 0 Å². The molecule has 0 aromatic carbocycles. The molecule has 0 amide bonds. The molecule has 2 aliphatic rings. The molecule has 0 aliphatic carbocycles. The maximum absolute atomic E-state index is 2.75. The van der Waals surface area contributed by atoms with Crippen molar-refractivity contribution in [1.82, 2.24) is 9.80 Å². The number of likely N-dealkylation sites (tertiary alicyclic amines) is 2. The van der Waals surface area contributed by atoms with Gasteiger partial charge < -0.3 is 0 Å². The van der Waals surface area contributed by atoms with Crippen LogP contribution < -0.4 is 0 Å². The van der Waals surface area contributed by atoms with Gasteiger partial charge in [0.1, 0.15) is 0 Å². The summed E-state index contributed by atoms with van der Waals surface area (Å²) < 4.78 is 0. The van der Waals surface area contributed by atoms with E-state index in [4.69, 9.17) is 0 Å². The highest BCUT2D eigenvalue weighted by Gasteiger charge is 2.35. The van der Waals surface area contributed by atoms with Gasteiger partial charge in [0.15, 0.2) is 0 Å². The summed E-state index contributed by atoms with van der Waals surface area (Å²) in [5, 5.41) is 0. The van der Waals surface area contributed by atoms with Gasteiger partial charge in [-0.3, -0.25) is 9.80 Å². The summed E-state index contributed by atoms with van der Waals surface area (Å²) in [6.45, 7) is 11.1. The van der Waals surface area contributed by atoms with Gasteiger partial charge in [-0.1, -0.05) is 6.42 Å². The molecule has 0 radical (unpaired) electrons. The fraction of sp³-hybridized carbons (Fsp3) is 1.00. The van der Waals surface area contributed by atoms with Crippen molar-refractivity contribution in [2.24, 2.45) is 0 Å². The van der Waals surface area contributed by atoms with Crippen molar-refractivity contribution in [2.45, 2.75) is 64.6 Å². The zero-order valence-electron chi connectivity index (χ0n) is 10.6. The van der Waals surface area contributed by atoms with E-state index in [2.05, 4.69) is 30.6 Å². The standard InChI is InChI=1S/C13H26N2/c1-11(2)15-10-7-13(12(15)3)14-8-5-4-6-9-14/h11-13H,4-10H2,1-3H3. The maximum Gasteiger partial charge on any atom is 0.0261 e. The Morgan fingerprint density at radius 2 is 1.67 bits per heavy atom. The Morgan fingerprint density at radius 1 is 1.00 bits per heavy atom. The van der Waals surface area contributed by atoms with Crippen LogP contribution in [0, 0.1) is 0 Å². The lowest BCUT2D eigenvalue weighted by Crippen LogP contribution is -2.47. The first-order valence-corrected chi connectivity index (χ1v) is 6.70. The Hall–Kier alpha value is -0.0800. The largest absolute Gasteiger partial charge is 0.299 e. The Kier molecular flexibility index (Phi) is 3.68. The fourth-order valence-corrected chi connectivity index (χ4v) is 3.41. The average Bonchev–Trinajstić information content (AvgIpc) is 2.61. The lowest BCUT2D eigenvalue weighted by Gasteiger charge is -2.37. The van der Waals surface area contributed by atoms with Crippen LogP contribution in [-0.4, -0.2) is 47.6 Å². The maximum atomic E-state index is 2.75. The molecule has 2 fully saturated rings. The first-order chi connectivity index (χ1) is 7.20. The molecule has 2 heterocycles. The third-order valence-electron chi connectivity index (χ3n) is 4.29. The minimum atomic E-state index is 0.717. The third kappa shape index (κ3) is 2.36.